The maximum atomic E-state index is 4.09. The van der Waals surface area contributed by atoms with E-state index in [-0.39, 0.29) is 0 Å². The second-order valence-electron chi connectivity index (χ2n) is 3.19. The van der Waals surface area contributed by atoms with E-state index in [1.165, 1.54) is 0 Å². The van der Waals surface area contributed by atoms with Crippen LogP contribution >= 0.6 is 0 Å². The van der Waals surface area contributed by atoms with Crippen LogP contribution in [-0.2, 0) is 0 Å². The third-order valence-corrected chi connectivity index (χ3v) is 1.74. The Kier molecular flexibility index (Phi) is 3.86. The van der Waals surface area contributed by atoms with Crippen molar-refractivity contribution < 1.29 is 0 Å². The van der Waals surface area contributed by atoms with Crippen molar-refractivity contribution in [2.24, 2.45) is 0 Å². The van der Waals surface area contributed by atoms with E-state index < -0.39 is 0 Å². The normalized spacial score (nSPS) is 12.0. The second-order valence-corrected chi connectivity index (χ2v) is 3.19. The molecule has 1 heteroatoms. The quantitative estimate of drug-likeness (QED) is 0.655. The van der Waals surface area contributed by atoms with Crippen molar-refractivity contribution in [1.82, 2.24) is 4.98 Å². The summed E-state index contributed by atoms with van der Waals surface area (Å²) in [5.41, 5.74) is 3.31. The molecule has 0 saturated heterocycles. The van der Waals surface area contributed by atoms with Crippen LogP contribution in [0.2, 0.25) is 0 Å². The van der Waals surface area contributed by atoms with Gasteiger partial charge in [-0.25, -0.2) is 0 Å². The van der Waals surface area contributed by atoms with Crippen LogP contribution in [-0.4, -0.2) is 4.98 Å². The molecule has 0 amide bonds. The van der Waals surface area contributed by atoms with Gasteiger partial charge in [-0.05, 0) is 31.1 Å². The maximum Gasteiger partial charge on any atom is 0.0346 e. The Hall–Kier alpha value is -1.63. The minimum atomic E-state index is 1.04. The topological polar surface area (TPSA) is 12.9 Å². The predicted octanol–water partition coefficient (Wildman–Crippen LogP) is 3.62. The molecule has 1 aromatic heterocycles. The van der Waals surface area contributed by atoms with Gasteiger partial charge in [0.25, 0.3) is 0 Å². The number of hydrogen-bond acceptors (Lipinski definition) is 1. The molecule has 1 aromatic rings. The molecule has 0 unspecified atom stereocenters. The maximum absolute atomic E-state index is 4.09. The van der Waals surface area contributed by atoms with Gasteiger partial charge in [-0.15, -0.1) is 0 Å². The lowest BCUT2D eigenvalue weighted by molar-refractivity contribution is 1.31. The highest BCUT2D eigenvalue weighted by Crippen LogP contribution is 2.16. The van der Waals surface area contributed by atoms with E-state index in [2.05, 4.69) is 23.7 Å². The van der Waals surface area contributed by atoms with Gasteiger partial charge >= 0.3 is 0 Å². The highest BCUT2D eigenvalue weighted by atomic mass is 14.6. The molecule has 1 rings (SSSR count). The first-order chi connectivity index (χ1) is 6.74. The SMILES string of the molecule is C=C(C)/C=C(\C=C/C)c1cccnc1. The predicted molar refractivity (Wildman–Crippen MR) is 61.8 cm³/mol. The van der Waals surface area contributed by atoms with E-state index in [0.29, 0.717) is 0 Å². The molecule has 0 radical (unpaired) electrons. The summed E-state index contributed by atoms with van der Waals surface area (Å²) in [5, 5.41) is 0. The summed E-state index contributed by atoms with van der Waals surface area (Å²) in [7, 11) is 0. The summed E-state index contributed by atoms with van der Waals surface area (Å²) >= 11 is 0. The van der Waals surface area contributed by atoms with Gasteiger partial charge in [0.2, 0.25) is 0 Å². The van der Waals surface area contributed by atoms with Gasteiger partial charge in [-0.3, -0.25) is 4.98 Å². The number of hydrogen-bond donors (Lipinski definition) is 0. The van der Waals surface area contributed by atoms with E-state index in [4.69, 9.17) is 0 Å². The summed E-state index contributed by atoms with van der Waals surface area (Å²) in [6.07, 6.45) is 9.76. The van der Waals surface area contributed by atoms with Crippen molar-refractivity contribution in [2.75, 3.05) is 0 Å². The van der Waals surface area contributed by atoms with Crippen molar-refractivity contribution in [1.29, 1.82) is 0 Å². The lowest BCUT2D eigenvalue weighted by Gasteiger charge is -2.01. The lowest BCUT2D eigenvalue weighted by atomic mass is 10.1. The molecular weight excluding hydrogens is 170 g/mol. The van der Waals surface area contributed by atoms with Gasteiger partial charge in [0.15, 0.2) is 0 Å². The Morgan fingerprint density at radius 2 is 2.29 bits per heavy atom. The molecule has 0 saturated carbocycles. The Morgan fingerprint density at radius 1 is 1.50 bits per heavy atom. The highest BCUT2D eigenvalue weighted by molar-refractivity contribution is 5.75. The average Bonchev–Trinajstić information content (AvgIpc) is 2.18. The smallest absolute Gasteiger partial charge is 0.0346 e. The van der Waals surface area contributed by atoms with E-state index in [0.717, 1.165) is 16.7 Å². The third kappa shape index (κ3) is 3.02. The molecule has 0 aliphatic carbocycles. The van der Waals surface area contributed by atoms with E-state index in [9.17, 15) is 0 Å². The van der Waals surface area contributed by atoms with Crippen LogP contribution in [0.15, 0.2) is 54.9 Å². The minimum absolute atomic E-state index is 1.04. The first kappa shape index (κ1) is 10.5. The van der Waals surface area contributed by atoms with E-state index in [1.807, 2.05) is 38.3 Å². The number of pyridine rings is 1. The largest absolute Gasteiger partial charge is 0.264 e. The summed E-state index contributed by atoms with van der Waals surface area (Å²) in [4.78, 5) is 4.09. The van der Waals surface area contributed by atoms with Crippen molar-refractivity contribution in [3.63, 3.8) is 0 Å². The third-order valence-electron chi connectivity index (χ3n) is 1.74. The zero-order valence-corrected chi connectivity index (χ0v) is 8.70. The van der Waals surface area contributed by atoms with Crippen LogP contribution in [0.1, 0.15) is 19.4 Å². The molecule has 0 atom stereocenters. The molecule has 1 nitrogen and oxygen atoms in total. The molecule has 0 fully saturated rings. The van der Waals surface area contributed by atoms with Crippen LogP contribution in [0.5, 0.6) is 0 Å². The number of nitrogens with zero attached hydrogens (tertiary/aromatic N) is 1. The first-order valence-electron chi connectivity index (χ1n) is 4.64. The molecule has 0 aliphatic heterocycles. The van der Waals surface area contributed by atoms with Crippen molar-refractivity contribution in [3.05, 3.63) is 60.5 Å². The van der Waals surface area contributed by atoms with Crippen molar-refractivity contribution >= 4 is 5.57 Å². The Balaban J connectivity index is 3.07. The number of allylic oxidation sites excluding steroid dienone is 5. The summed E-state index contributed by atoms with van der Waals surface area (Å²) in [5.74, 6) is 0. The van der Waals surface area contributed by atoms with Crippen LogP contribution in [0.3, 0.4) is 0 Å². The van der Waals surface area contributed by atoms with Crippen LogP contribution in [0, 0.1) is 0 Å². The van der Waals surface area contributed by atoms with Crippen molar-refractivity contribution in [3.8, 4) is 0 Å². The first-order valence-corrected chi connectivity index (χ1v) is 4.64. The fourth-order valence-corrected chi connectivity index (χ4v) is 1.21. The molecule has 1 heterocycles. The highest BCUT2D eigenvalue weighted by Gasteiger charge is 1.96. The van der Waals surface area contributed by atoms with E-state index >= 15 is 0 Å². The summed E-state index contributed by atoms with van der Waals surface area (Å²) < 4.78 is 0. The standard InChI is InChI=1S/C13H15N/c1-4-6-12(9-11(2)3)13-7-5-8-14-10-13/h4-10H,2H2,1,3H3/b6-4-,12-9+. The van der Waals surface area contributed by atoms with Gasteiger partial charge in [0, 0.05) is 12.4 Å². The Morgan fingerprint density at radius 3 is 2.79 bits per heavy atom. The lowest BCUT2D eigenvalue weighted by Crippen LogP contribution is -1.82. The summed E-state index contributed by atoms with van der Waals surface area (Å²) in [6, 6.07) is 3.98. The molecule has 72 valence electrons. The molecule has 0 bridgehead atoms. The van der Waals surface area contributed by atoms with Crippen LogP contribution < -0.4 is 0 Å². The molecule has 0 spiro atoms. The number of rotatable bonds is 3. The number of aromatic nitrogens is 1. The van der Waals surface area contributed by atoms with Gasteiger partial charge < -0.3 is 0 Å². The fraction of sp³-hybridized carbons (Fsp3) is 0.154. The monoisotopic (exact) mass is 185 g/mol. The van der Waals surface area contributed by atoms with Crippen molar-refractivity contribution in [2.45, 2.75) is 13.8 Å². The van der Waals surface area contributed by atoms with E-state index in [1.54, 1.807) is 6.20 Å². The zero-order chi connectivity index (χ0) is 10.4. The molecule has 0 N–H and O–H groups in total. The Labute approximate surface area is 85.5 Å². The zero-order valence-electron chi connectivity index (χ0n) is 8.70. The second kappa shape index (κ2) is 5.18. The van der Waals surface area contributed by atoms with Crippen LogP contribution in [0.25, 0.3) is 5.57 Å². The van der Waals surface area contributed by atoms with Gasteiger partial charge in [0.05, 0.1) is 0 Å². The Bertz CT molecular complexity index is 358. The molecule has 14 heavy (non-hydrogen) atoms. The van der Waals surface area contributed by atoms with Gasteiger partial charge in [-0.1, -0.05) is 36.4 Å². The molecular formula is C13H15N. The van der Waals surface area contributed by atoms with Gasteiger partial charge in [-0.2, -0.15) is 0 Å². The van der Waals surface area contributed by atoms with Gasteiger partial charge in [0.1, 0.15) is 0 Å². The fourth-order valence-electron chi connectivity index (χ4n) is 1.21. The summed E-state index contributed by atoms with van der Waals surface area (Å²) in [6.45, 7) is 7.86. The molecule has 0 aromatic carbocycles. The average molecular weight is 185 g/mol. The van der Waals surface area contributed by atoms with Crippen LogP contribution in [0.4, 0.5) is 0 Å². The molecule has 0 aliphatic rings. The minimum Gasteiger partial charge on any atom is -0.264 e.